The van der Waals surface area contributed by atoms with Gasteiger partial charge in [-0.15, -0.1) is 0 Å². The van der Waals surface area contributed by atoms with Gasteiger partial charge in [0.15, 0.2) is 0 Å². The average Bonchev–Trinajstić information content (AvgIpc) is 3.12. The molecule has 0 unspecified atom stereocenters. The zero-order chi connectivity index (χ0) is 14.1. The molecule has 20 heavy (non-hydrogen) atoms. The summed E-state index contributed by atoms with van der Waals surface area (Å²) in [7, 11) is 0. The Morgan fingerprint density at radius 1 is 1.50 bits per heavy atom. The molecule has 1 atom stereocenters. The van der Waals surface area contributed by atoms with Crippen LogP contribution in [0.15, 0.2) is 12.3 Å². The molecular formula is C14H19N3O3. The number of aryl methyl sites for hydroxylation is 1. The first-order chi connectivity index (χ1) is 9.65. The van der Waals surface area contributed by atoms with E-state index >= 15 is 0 Å². The topological polar surface area (TPSA) is 68.5 Å². The summed E-state index contributed by atoms with van der Waals surface area (Å²) >= 11 is 0. The van der Waals surface area contributed by atoms with E-state index in [2.05, 4.69) is 9.88 Å². The molecule has 2 heterocycles. The number of nitrogens with zero attached hydrogens (tertiary/aromatic N) is 3. The fourth-order valence-corrected chi connectivity index (χ4v) is 2.70. The molecule has 1 aliphatic carbocycles. The largest absolute Gasteiger partial charge is 0.381 e. The first kappa shape index (κ1) is 13.3. The minimum Gasteiger partial charge on any atom is -0.381 e. The summed E-state index contributed by atoms with van der Waals surface area (Å²) < 4.78 is 5.43. The van der Waals surface area contributed by atoms with Crippen molar-refractivity contribution in [2.45, 2.75) is 32.2 Å². The Hall–Kier alpha value is -1.69. The quantitative estimate of drug-likeness (QED) is 0.610. The van der Waals surface area contributed by atoms with E-state index < -0.39 is 0 Å². The molecule has 0 bridgehead atoms. The van der Waals surface area contributed by atoms with Crippen LogP contribution in [0.25, 0.3) is 0 Å². The number of ether oxygens (including phenoxy) is 1. The van der Waals surface area contributed by atoms with Gasteiger partial charge in [0.25, 0.3) is 5.69 Å². The van der Waals surface area contributed by atoms with Gasteiger partial charge in [-0.3, -0.25) is 10.1 Å². The molecule has 108 valence electrons. The van der Waals surface area contributed by atoms with E-state index in [1.165, 1.54) is 19.0 Å². The highest BCUT2D eigenvalue weighted by atomic mass is 16.6. The van der Waals surface area contributed by atoms with Crippen molar-refractivity contribution in [3.8, 4) is 0 Å². The number of aromatic nitrogens is 1. The molecule has 1 aromatic rings. The van der Waals surface area contributed by atoms with Gasteiger partial charge in [0.1, 0.15) is 12.0 Å². The lowest BCUT2D eigenvalue weighted by Crippen LogP contribution is -2.32. The van der Waals surface area contributed by atoms with Gasteiger partial charge in [-0.1, -0.05) is 0 Å². The number of hydrogen-bond donors (Lipinski definition) is 0. The number of anilines is 1. The van der Waals surface area contributed by atoms with E-state index in [4.69, 9.17) is 4.74 Å². The Balaban J connectivity index is 1.80. The molecule has 2 aliphatic rings. The Morgan fingerprint density at radius 3 is 2.85 bits per heavy atom. The zero-order valence-corrected chi connectivity index (χ0v) is 11.6. The number of rotatable bonds is 5. The molecule has 1 saturated heterocycles. The highest BCUT2D eigenvalue weighted by Gasteiger charge is 2.33. The maximum Gasteiger partial charge on any atom is 0.290 e. The van der Waals surface area contributed by atoms with Crippen molar-refractivity contribution in [1.82, 2.24) is 4.98 Å². The molecule has 0 N–H and O–H groups in total. The van der Waals surface area contributed by atoms with Crippen molar-refractivity contribution < 1.29 is 9.66 Å². The Morgan fingerprint density at radius 2 is 2.30 bits per heavy atom. The standard InChI is InChI=1S/C14H19N3O3/c1-10-6-14(15-7-13(10)17(18)19)16(12-2-3-12)8-11-4-5-20-9-11/h6-7,11-12H,2-5,8-9H2,1H3/t11-/m1/s1. The van der Waals surface area contributed by atoms with Crippen LogP contribution in [0.2, 0.25) is 0 Å². The molecule has 6 nitrogen and oxygen atoms in total. The Labute approximate surface area is 117 Å². The smallest absolute Gasteiger partial charge is 0.290 e. The van der Waals surface area contributed by atoms with Crippen molar-refractivity contribution in [1.29, 1.82) is 0 Å². The van der Waals surface area contributed by atoms with Crippen LogP contribution in [0, 0.1) is 23.0 Å². The minimum absolute atomic E-state index is 0.0914. The fourth-order valence-electron chi connectivity index (χ4n) is 2.70. The van der Waals surface area contributed by atoms with E-state index in [9.17, 15) is 10.1 Å². The summed E-state index contributed by atoms with van der Waals surface area (Å²) in [6.07, 6.45) is 4.84. The third kappa shape index (κ3) is 2.75. The van der Waals surface area contributed by atoms with E-state index in [1.807, 2.05) is 6.07 Å². The first-order valence-electron chi connectivity index (χ1n) is 7.10. The molecule has 3 rings (SSSR count). The van der Waals surface area contributed by atoms with Crippen LogP contribution in [-0.2, 0) is 4.74 Å². The average molecular weight is 277 g/mol. The van der Waals surface area contributed by atoms with Gasteiger partial charge in [-0.25, -0.2) is 4.98 Å². The van der Waals surface area contributed by atoms with Crippen LogP contribution in [0.5, 0.6) is 0 Å². The van der Waals surface area contributed by atoms with Gasteiger partial charge in [0.2, 0.25) is 0 Å². The second-order valence-electron chi connectivity index (χ2n) is 5.70. The summed E-state index contributed by atoms with van der Waals surface area (Å²) in [5.41, 5.74) is 0.766. The number of hydrogen-bond acceptors (Lipinski definition) is 5. The van der Waals surface area contributed by atoms with Gasteiger partial charge in [0, 0.05) is 30.7 Å². The van der Waals surface area contributed by atoms with Crippen molar-refractivity contribution in [2.24, 2.45) is 5.92 Å². The van der Waals surface area contributed by atoms with Crippen LogP contribution in [0.4, 0.5) is 11.5 Å². The molecule has 0 radical (unpaired) electrons. The van der Waals surface area contributed by atoms with E-state index in [-0.39, 0.29) is 10.6 Å². The van der Waals surface area contributed by atoms with Crippen molar-refractivity contribution >= 4 is 11.5 Å². The molecule has 2 fully saturated rings. The van der Waals surface area contributed by atoms with Gasteiger partial charge < -0.3 is 9.64 Å². The fraction of sp³-hybridized carbons (Fsp3) is 0.643. The molecule has 1 aromatic heterocycles. The second-order valence-corrected chi connectivity index (χ2v) is 5.70. The lowest BCUT2D eigenvalue weighted by Gasteiger charge is -2.26. The summed E-state index contributed by atoms with van der Waals surface area (Å²) in [4.78, 5) is 17.1. The van der Waals surface area contributed by atoms with Crippen LogP contribution in [-0.4, -0.2) is 35.7 Å². The van der Waals surface area contributed by atoms with E-state index in [1.54, 1.807) is 6.92 Å². The predicted octanol–water partition coefficient (Wildman–Crippen LogP) is 2.30. The second kappa shape index (κ2) is 5.36. The van der Waals surface area contributed by atoms with Crippen LogP contribution >= 0.6 is 0 Å². The van der Waals surface area contributed by atoms with Gasteiger partial charge >= 0.3 is 0 Å². The molecule has 0 spiro atoms. The molecule has 6 heteroatoms. The summed E-state index contributed by atoms with van der Waals surface area (Å²) in [5, 5.41) is 10.9. The van der Waals surface area contributed by atoms with Gasteiger partial charge in [0.05, 0.1) is 11.5 Å². The first-order valence-corrected chi connectivity index (χ1v) is 7.10. The molecule has 1 aliphatic heterocycles. The molecule has 0 aromatic carbocycles. The predicted molar refractivity (Wildman–Crippen MR) is 74.9 cm³/mol. The number of nitro groups is 1. The maximum absolute atomic E-state index is 10.9. The third-order valence-corrected chi connectivity index (χ3v) is 4.03. The molecule has 0 amide bonds. The highest BCUT2D eigenvalue weighted by Crippen LogP contribution is 2.33. The zero-order valence-electron chi connectivity index (χ0n) is 11.6. The van der Waals surface area contributed by atoms with E-state index in [0.29, 0.717) is 17.5 Å². The SMILES string of the molecule is Cc1cc(N(C[C@H]2CCOC2)C2CC2)ncc1[N+](=O)[O-]. The van der Waals surface area contributed by atoms with Crippen LogP contribution in [0.3, 0.4) is 0 Å². The monoisotopic (exact) mass is 277 g/mol. The lowest BCUT2D eigenvalue weighted by atomic mass is 10.1. The van der Waals surface area contributed by atoms with E-state index in [0.717, 1.165) is 32.0 Å². The van der Waals surface area contributed by atoms with Crippen molar-refractivity contribution in [3.63, 3.8) is 0 Å². The molecular weight excluding hydrogens is 258 g/mol. The van der Waals surface area contributed by atoms with Crippen molar-refractivity contribution in [2.75, 3.05) is 24.7 Å². The summed E-state index contributed by atoms with van der Waals surface area (Å²) in [5.74, 6) is 1.41. The van der Waals surface area contributed by atoms with Gasteiger partial charge in [-0.05, 0) is 32.3 Å². The van der Waals surface area contributed by atoms with Crippen molar-refractivity contribution in [3.05, 3.63) is 27.9 Å². The molecule has 1 saturated carbocycles. The lowest BCUT2D eigenvalue weighted by molar-refractivity contribution is -0.385. The normalized spacial score (nSPS) is 21.9. The van der Waals surface area contributed by atoms with Crippen LogP contribution in [0.1, 0.15) is 24.8 Å². The summed E-state index contributed by atoms with van der Waals surface area (Å²) in [6, 6.07) is 2.38. The Bertz CT molecular complexity index is 510. The van der Waals surface area contributed by atoms with Crippen LogP contribution < -0.4 is 4.90 Å². The Kier molecular flexibility index (Phi) is 3.56. The highest BCUT2D eigenvalue weighted by molar-refractivity contribution is 5.50. The maximum atomic E-state index is 10.9. The summed E-state index contributed by atoms with van der Waals surface area (Å²) in [6.45, 7) is 4.37. The minimum atomic E-state index is -0.377. The third-order valence-electron chi connectivity index (χ3n) is 4.03. The number of pyridine rings is 1. The van der Waals surface area contributed by atoms with Gasteiger partial charge in [-0.2, -0.15) is 0 Å².